The lowest BCUT2D eigenvalue weighted by Crippen LogP contribution is -2.37. The summed E-state index contributed by atoms with van der Waals surface area (Å²) in [6.07, 6.45) is 5.78. The van der Waals surface area contributed by atoms with Crippen molar-refractivity contribution in [1.29, 1.82) is 0 Å². The zero-order chi connectivity index (χ0) is 15.9. The summed E-state index contributed by atoms with van der Waals surface area (Å²) in [6.45, 7) is 9.61. The first kappa shape index (κ1) is 15.8. The highest BCUT2D eigenvalue weighted by Crippen LogP contribution is 2.34. The summed E-state index contributed by atoms with van der Waals surface area (Å²) in [5.41, 5.74) is 1.13. The van der Waals surface area contributed by atoms with Gasteiger partial charge in [0.15, 0.2) is 5.13 Å². The van der Waals surface area contributed by atoms with Gasteiger partial charge in [-0.1, -0.05) is 32.1 Å². The lowest BCUT2D eigenvalue weighted by molar-refractivity contribution is 0.0708. The number of carbonyl (C=O) groups excluding carboxylic acids is 1. The van der Waals surface area contributed by atoms with E-state index in [0.29, 0.717) is 12.1 Å². The third kappa shape index (κ3) is 3.62. The zero-order valence-corrected chi connectivity index (χ0v) is 14.9. The lowest BCUT2D eigenvalue weighted by Gasteiger charge is -2.30. The third-order valence-corrected chi connectivity index (χ3v) is 5.46. The molecule has 1 aliphatic heterocycles. The number of aryl methyl sites for hydroxylation is 1. The molecular formula is C17H27N3OS. The Morgan fingerprint density at radius 3 is 2.73 bits per heavy atom. The molecule has 1 amide bonds. The molecule has 1 atom stereocenters. The molecule has 4 nitrogen and oxygen atoms in total. The maximum atomic E-state index is 12.9. The van der Waals surface area contributed by atoms with E-state index in [1.807, 2.05) is 6.92 Å². The largest absolute Gasteiger partial charge is 0.359 e. The van der Waals surface area contributed by atoms with Gasteiger partial charge in [-0.15, -0.1) is 0 Å². The molecule has 1 unspecified atom stereocenters. The molecule has 0 bridgehead atoms. The molecule has 5 heteroatoms. The summed E-state index contributed by atoms with van der Waals surface area (Å²) in [4.78, 5) is 20.4. The minimum Gasteiger partial charge on any atom is -0.359 e. The van der Waals surface area contributed by atoms with Gasteiger partial charge >= 0.3 is 0 Å². The summed E-state index contributed by atoms with van der Waals surface area (Å²) in [7, 11) is 0. The number of carbonyl (C=O) groups is 1. The molecule has 0 radical (unpaired) electrons. The second kappa shape index (κ2) is 5.84. The minimum absolute atomic E-state index is 0.186. The van der Waals surface area contributed by atoms with Crippen LogP contribution < -0.4 is 5.32 Å². The maximum absolute atomic E-state index is 12.9. The van der Waals surface area contributed by atoms with Crippen LogP contribution in [0.3, 0.4) is 0 Å². The van der Waals surface area contributed by atoms with Crippen LogP contribution in [0, 0.1) is 12.3 Å². The number of thiazole rings is 1. The number of likely N-dealkylation sites (tertiary alicyclic amines) is 1. The Kier molecular flexibility index (Phi) is 4.19. The quantitative estimate of drug-likeness (QED) is 0.909. The smallest absolute Gasteiger partial charge is 0.266 e. The van der Waals surface area contributed by atoms with Crippen LogP contribution >= 0.6 is 11.3 Å². The Bertz CT molecular complexity index is 557. The van der Waals surface area contributed by atoms with E-state index in [1.165, 1.54) is 24.2 Å². The number of nitrogens with one attached hydrogen (secondary N) is 1. The number of hydrogen-bond acceptors (Lipinski definition) is 4. The zero-order valence-electron chi connectivity index (χ0n) is 14.1. The Hall–Kier alpha value is -1.10. The van der Waals surface area contributed by atoms with E-state index in [9.17, 15) is 4.79 Å². The second-order valence-corrected chi connectivity index (χ2v) is 8.91. The topological polar surface area (TPSA) is 45.2 Å². The fourth-order valence-corrected chi connectivity index (χ4v) is 4.21. The fraction of sp³-hybridized carbons (Fsp3) is 0.765. The Morgan fingerprint density at radius 1 is 1.36 bits per heavy atom. The Balaban J connectivity index is 1.73. The SMILES string of the molecule is Cc1nc(NC2CC2)sc1C(=O)N1CCCC1CC(C)(C)C. The van der Waals surface area contributed by atoms with Crippen molar-refractivity contribution in [2.24, 2.45) is 5.41 Å². The predicted molar refractivity (Wildman–Crippen MR) is 91.6 cm³/mol. The van der Waals surface area contributed by atoms with E-state index >= 15 is 0 Å². The molecule has 1 aliphatic carbocycles. The first-order valence-electron chi connectivity index (χ1n) is 8.38. The average Bonchev–Trinajstić information content (AvgIpc) is 2.97. The van der Waals surface area contributed by atoms with Gasteiger partial charge in [-0.05, 0) is 44.4 Å². The highest BCUT2D eigenvalue weighted by Gasteiger charge is 2.34. The average molecular weight is 321 g/mol. The summed E-state index contributed by atoms with van der Waals surface area (Å²) >= 11 is 1.53. The van der Waals surface area contributed by atoms with Crippen LogP contribution in [-0.4, -0.2) is 34.4 Å². The first-order chi connectivity index (χ1) is 10.3. The number of rotatable bonds is 4. The van der Waals surface area contributed by atoms with Crippen molar-refractivity contribution in [3.63, 3.8) is 0 Å². The summed E-state index contributed by atoms with van der Waals surface area (Å²) < 4.78 is 0. The first-order valence-corrected chi connectivity index (χ1v) is 9.20. The molecule has 0 aromatic carbocycles. The van der Waals surface area contributed by atoms with Crippen LogP contribution in [0.25, 0.3) is 0 Å². The maximum Gasteiger partial charge on any atom is 0.266 e. The minimum atomic E-state index is 0.186. The standard InChI is InChI=1S/C17H27N3OS/c1-11-14(22-16(18-11)19-12-7-8-12)15(21)20-9-5-6-13(20)10-17(2,3)4/h12-13H,5-10H2,1-4H3,(H,18,19). The van der Waals surface area contributed by atoms with E-state index in [0.717, 1.165) is 41.5 Å². The van der Waals surface area contributed by atoms with Gasteiger partial charge < -0.3 is 10.2 Å². The summed E-state index contributed by atoms with van der Waals surface area (Å²) in [5.74, 6) is 0.186. The van der Waals surface area contributed by atoms with Crippen molar-refractivity contribution in [2.75, 3.05) is 11.9 Å². The monoisotopic (exact) mass is 321 g/mol. The number of aromatic nitrogens is 1. The molecule has 1 N–H and O–H groups in total. The van der Waals surface area contributed by atoms with Crippen molar-refractivity contribution < 1.29 is 4.79 Å². The van der Waals surface area contributed by atoms with Crippen LogP contribution in [0.1, 0.15) is 68.2 Å². The second-order valence-electron chi connectivity index (χ2n) is 7.91. The van der Waals surface area contributed by atoms with Crippen LogP contribution in [0.4, 0.5) is 5.13 Å². The number of hydrogen-bond donors (Lipinski definition) is 1. The molecule has 0 spiro atoms. The molecule has 2 heterocycles. The van der Waals surface area contributed by atoms with E-state index in [1.54, 1.807) is 0 Å². The predicted octanol–water partition coefficient (Wildman–Crippen LogP) is 4.07. The Labute approximate surface area is 137 Å². The van der Waals surface area contributed by atoms with Crippen molar-refractivity contribution in [1.82, 2.24) is 9.88 Å². The van der Waals surface area contributed by atoms with E-state index < -0.39 is 0 Å². The van der Waals surface area contributed by atoms with E-state index in [4.69, 9.17) is 0 Å². The van der Waals surface area contributed by atoms with Crippen LogP contribution in [-0.2, 0) is 0 Å². The van der Waals surface area contributed by atoms with Gasteiger partial charge in [0, 0.05) is 18.6 Å². The fourth-order valence-electron chi connectivity index (χ4n) is 3.21. The number of amides is 1. The molecule has 1 saturated carbocycles. The molecule has 22 heavy (non-hydrogen) atoms. The van der Waals surface area contributed by atoms with Gasteiger partial charge in [-0.2, -0.15) is 0 Å². The van der Waals surface area contributed by atoms with E-state index in [2.05, 4.69) is 36.0 Å². The molecule has 2 aliphatic rings. The van der Waals surface area contributed by atoms with Crippen LogP contribution in [0.5, 0.6) is 0 Å². The molecule has 122 valence electrons. The highest BCUT2D eigenvalue weighted by atomic mass is 32.1. The molecule has 2 fully saturated rings. The van der Waals surface area contributed by atoms with Crippen molar-refractivity contribution in [2.45, 2.75) is 71.9 Å². The molecular weight excluding hydrogens is 294 g/mol. The van der Waals surface area contributed by atoms with Crippen molar-refractivity contribution >= 4 is 22.4 Å². The Morgan fingerprint density at radius 2 is 2.09 bits per heavy atom. The van der Waals surface area contributed by atoms with Crippen LogP contribution in [0.15, 0.2) is 0 Å². The molecule has 1 aromatic rings. The van der Waals surface area contributed by atoms with Gasteiger partial charge in [0.05, 0.1) is 5.69 Å². The molecule has 1 aromatic heterocycles. The van der Waals surface area contributed by atoms with Gasteiger partial charge in [-0.25, -0.2) is 4.98 Å². The number of nitrogens with zero attached hydrogens (tertiary/aromatic N) is 2. The van der Waals surface area contributed by atoms with E-state index in [-0.39, 0.29) is 11.3 Å². The van der Waals surface area contributed by atoms with Gasteiger partial charge in [0.2, 0.25) is 0 Å². The van der Waals surface area contributed by atoms with Crippen molar-refractivity contribution in [3.05, 3.63) is 10.6 Å². The van der Waals surface area contributed by atoms with Gasteiger partial charge in [0.25, 0.3) is 5.91 Å². The summed E-state index contributed by atoms with van der Waals surface area (Å²) in [5, 5.41) is 4.32. The van der Waals surface area contributed by atoms with Crippen molar-refractivity contribution in [3.8, 4) is 0 Å². The normalized spacial score (nSPS) is 22.2. The van der Waals surface area contributed by atoms with Gasteiger partial charge in [-0.3, -0.25) is 4.79 Å². The molecule has 1 saturated heterocycles. The summed E-state index contributed by atoms with van der Waals surface area (Å²) in [6, 6.07) is 0.961. The lowest BCUT2D eigenvalue weighted by atomic mass is 9.87. The third-order valence-electron chi connectivity index (χ3n) is 4.38. The molecule has 3 rings (SSSR count). The number of anilines is 1. The van der Waals surface area contributed by atoms with Crippen LogP contribution in [0.2, 0.25) is 0 Å². The van der Waals surface area contributed by atoms with Gasteiger partial charge in [0.1, 0.15) is 4.88 Å². The highest BCUT2D eigenvalue weighted by molar-refractivity contribution is 7.17.